The van der Waals surface area contributed by atoms with E-state index in [4.69, 9.17) is 4.74 Å². The summed E-state index contributed by atoms with van der Waals surface area (Å²) in [6.45, 7) is 2.02. The van der Waals surface area contributed by atoms with Crippen LogP contribution < -0.4 is 0 Å². The smallest absolute Gasteiger partial charge is 0.213 e. The summed E-state index contributed by atoms with van der Waals surface area (Å²) in [5.74, 6) is 0.319. The van der Waals surface area contributed by atoms with Gasteiger partial charge >= 0.3 is 0 Å². The number of hydrogen-bond donors (Lipinski definition) is 0. The zero-order valence-corrected chi connectivity index (χ0v) is 7.53. The summed E-state index contributed by atoms with van der Waals surface area (Å²) < 4.78 is 5.21. The van der Waals surface area contributed by atoms with Gasteiger partial charge in [0.15, 0.2) is 0 Å². The summed E-state index contributed by atoms with van der Waals surface area (Å²) in [5, 5.41) is 10.5. The lowest BCUT2D eigenvalue weighted by atomic mass is 9.85. The van der Waals surface area contributed by atoms with Gasteiger partial charge in [-0.15, -0.1) is 0 Å². The van der Waals surface area contributed by atoms with E-state index >= 15 is 0 Å². The second-order valence-electron chi connectivity index (χ2n) is 3.50. The third-order valence-corrected chi connectivity index (χ3v) is 2.66. The number of hydrogen-bond acceptors (Lipinski definition) is 3. The summed E-state index contributed by atoms with van der Waals surface area (Å²) in [6.07, 6.45) is 2.37. The molecule has 70 valence electrons. The van der Waals surface area contributed by atoms with Gasteiger partial charge in [-0.25, -0.2) is 0 Å². The Balaban J connectivity index is 2.46. The largest absolute Gasteiger partial charge is 0.381 e. The molecule has 1 fully saturated rings. The van der Waals surface area contributed by atoms with Crippen LogP contribution in [-0.4, -0.2) is 24.2 Å². The van der Waals surface area contributed by atoms with E-state index in [1.165, 1.54) is 0 Å². The average molecular weight is 173 g/mol. The molecule has 1 aliphatic rings. The number of nitrogens with zero attached hydrogens (tertiary/aromatic N) is 1. The van der Waals surface area contributed by atoms with Gasteiger partial charge in [-0.2, -0.15) is 0 Å². The highest BCUT2D eigenvalue weighted by Crippen LogP contribution is 2.27. The maximum absolute atomic E-state index is 10.5. The van der Waals surface area contributed by atoms with Gasteiger partial charge in [-0.3, -0.25) is 10.1 Å². The van der Waals surface area contributed by atoms with E-state index in [-0.39, 0.29) is 17.1 Å². The molecule has 0 radical (unpaired) electrons. The first-order valence-corrected chi connectivity index (χ1v) is 4.31. The van der Waals surface area contributed by atoms with Gasteiger partial charge < -0.3 is 4.74 Å². The van der Waals surface area contributed by atoms with Gasteiger partial charge in [0.1, 0.15) is 0 Å². The highest BCUT2D eigenvalue weighted by molar-refractivity contribution is 4.77. The van der Waals surface area contributed by atoms with E-state index in [2.05, 4.69) is 0 Å². The van der Waals surface area contributed by atoms with E-state index in [0.29, 0.717) is 18.8 Å². The molecular weight excluding hydrogens is 158 g/mol. The maximum atomic E-state index is 10.5. The van der Waals surface area contributed by atoms with Gasteiger partial charge in [0, 0.05) is 24.9 Å². The fraction of sp³-hybridized carbons (Fsp3) is 1.00. The van der Waals surface area contributed by atoms with E-state index in [1.807, 2.05) is 6.92 Å². The van der Waals surface area contributed by atoms with Crippen LogP contribution in [0, 0.1) is 16.0 Å². The Labute approximate surface area is 72.1 Å². The molecule has 0 aromatic carbocycles. The second kappa shape index (κ2) is 3.85. The summed E-state index contributed by atoms with van der Waals surface area (Å²) in [7, 11) is 1.67. The van der Waals surface area contributed by atoms with Crippen molar-refractivity contribution < 1.29 is 9.66 Å². The molecule has 0 aromatic heterocycles. The van der Waals surface area contributed by atoms with Crippen molar-refractivity contribution in [1.82, 2.24) is 0 Å². The number of rotatable bonds is 2. The van der Waals surface area contributed by atoms with Crippen LogP contribution in [0.1, 0.15) is 26.2 Å². The van der Waals surface area contributed by atoms with Gasteiger partial charge in [-0.05, 0) is 12.3 Å². The number of nitro groups is 1. The van der Waals surface area contributed by atoms with E-state index in [1.54, 1.807) is 7.11 Å². The minimum Gasteiger partial charge on any atom is -0.381 e. The fourth-order valence-electron chi connectivity index (χ4n) is 1.88. The molecule has 0 bridgehead atoms. The van der Waals surface area contributed by atoms with Crippen LogP contribution in [0.4, 0.5) is 0 Å². The van der Waals surface area contributed by atoms with Crippen LogP contribution in [0.2, 0.25) is 0 Å². The molecule has 1 saturated carbocycles. The molecule has 0 aliphatic heterocycles. The van der Waals surface area contributed by atoms with Crippen molar-refractivity contribution in [2.24, 2.45) is 5.92 Å². The molecule has 0 spiro atoms. The maximum Gasteiger partial charge on any atom is 0.213 e. The Kier molecular flexibility index (Phi) is 3.03. The van der Waals surface area contributed by atoms with E-state index in [0.717, 1.165) is 6.42 Å². The van der Waals surface area contributed by atoms with E-state index in [9.17, 15) is 10.1 Å². The fourth-order valence-corrected chi connectivity index (χ4v) is 1.88. The predicted molar refractivity (Wildman–Crippen MR) is 44.6 cm³/mol. The molecular formula is C8H15NO3. The van der Waals surface area contributed by atoms with Crippen molar-refractivity contribution in [3.05, 3.63) is 10.1 Å². The van der Waals surface area contributed by atoms with Gasteiger partial charge in [0.2, 0.25) is 6.04 Å². The van der Waals surface area contributed by atoms with Crippen molar-refractivity contribution in [2.45, 2.75) is 38.3 Å². The van der Waals surface area contributed by atoms with Crippen LogP contribution in [0.5, 0.6) is 0 Å². The summed E-state index contributed by atoms with van der Waals surface area (Å²) in [6, 6.07) is -0.341. The SMILES string of the molecule is COC1CCC([N+](=O)[O-])CC1C. The van der Waals surface area contributed by atoms with Crippen molar-refractivity contribution in [1.29, 1.82) is 0 Å². The molecule has 1 aliphatic carbocycles. The lowest BCUT2D eigenvalue weighted by Crippen LogP contribution is -2.35. The molecule has 4 heteroatoms. The number of methoxy groups -OCH3 is 1. The normalized spacial score (nSPS) is 36.3. The minimum absolute atomic E-state index is 0.164. The van der Waals surface area contributed by atoms with Crippen molar-refractivity contribution in [3.8, 4) is 0 Å². The van der Waals surface area contributed by atoms with Crippen molar-refractivity contribution >= 4 is 0 Å². The van der Waals surface area contributed by atoms with Crippen molar-refractivity contribution in [3.63, 3.8) is 0 Å². The zero-order chi connectivity index (χ0) is 9.14. The number of ether oxygens (including phenoxy) is 1. The third-order valence-electron chi connectivity index (χ3n) is 2.66. The minimum atomic E-state index is -0.341. The molecule has 0 heterocycles. The Morgan fingerprint density at radius 2 is 2.17 bits per heavy atom. The van der Waals surface area contributed by atoms with E-state index < -0.39 is 0 Å². The summed E-state index contributed by atoms with van der Waals surface area (Å²) in [4.78, 5) is 10.3. The Hall–Kier alpha value is -0.640. The van der Waals surface area contributed by atoms with Crippen LogP contribution in [0.3, 0.4) is 0 Å². The first-order chi connectivity index (χ1) is 5.65. The average Bonchev–Trinajstić information content (AvgIpc) is 2.04. The van der Waals surface area contributed by atoms with Gasteiger partial charge in [0.25, 0.3) is 0 Å². The molecule has 0 amide bonds. The van der Waals surface area contributed by atoms with Crippen molar-refractivity contribution in [2.75, 3.05) is 7.11 Å². The lowest BCUT2D eigenvalue weighted by Gasteiger charge is -2.28. The molecule has 0 aromatic rings. The van der Waals surface area contributed by atoms with Crippen LogP contribution in [0.15, 0.2) is 0 Å². The monoisotopic (exact) mass is 173 g/mol. The lowest BCUT2D eigenvalue weighted by molar-refractivity contribution is -0.529. The molecule has 4 nitrogen and oxygen atoms in total. The Morgan fingerprint density at radius 3 is 2.58 bits per heavy atom. The van der Waals surface area contributed by atoms with Gasteiger partial charge in [-0.1, -0.05) is 6.92 Å². The third kappa shape index (κ3) is 1.94. The van der Waals surface area contributed by atoms with Gasteiger partial charge in [0.05, 0.1) is 6.10 Å². The Bertz CT molecular complexity index is 172. The van der Waals surface area contributed by atoms with Crippen LogP contribution >= 0.6 is 0 Å². The van der Waals surface area contributed by atoms with Crippen LogP contribution in [0.25, 0.3) is 0 Å². The highest BCUT2D eigenvalue weighted by Gasteiger charge is 2.33. The first-order valence-electron chi connectivity index (χ1n) is 4.31. The zero-order valence-electron chi connectivity index (χ0n) is 7.53. The molecule has 3 unspecified atom stereocenters. The standard InChI is InChI=1S/C8H15NO3/c1-6-5-7(9(10)11)3-4-8(6)12-2/h6-8H,3-5H2,1-2H3. The first kappa shape index (κ1) is 9.45. The Morgan fingerprint density at radius 1 is 1.50 bits per heavy atom. The summed E-state index contributed by atoms with van der Waals surface area (Å²) >= 11 is 0. The highest BCUT2D eigenvalue weighted by atomic mass is 16.6. The molecule has 1 rings (SSSR count). The quantitative estimate of drug-likeness (QED) is 0.469. The topological polar surface area (TPSA) is 52.4 Å². The molecule has 3 atom stereocenters. The molecule has 0 N–H and O–H groups in total. The second-order valence-corrected chi connectivity index (χ2v) is 3.50. The molecule has 0 saturated heterocycles. The van der Waals surface area contributed by atoms with Crippen LogP contribution in [-0.2, 0) is 4.74 Å². The molecule has 12 heavy (non-hydrogen) atoms. The predicted octanol–water partition coefficient (Wildman–Crippen LogP) is 1.47. The summed E-state index contributed by atoms with van der Waals surface area (Å²) in [5.41, 5.74) is 0.